The molecular weight excluding hydrogens is 595 g/mol. The van der Waals surface area contributed by atoms with Crippen molar-refractivity contribution in [3.63, 3.8) is 0 Å². The summed E-state index contributed by atoms with van der Waals surface area (Å²) in [6, 6.07) is 57.7. The summed E-state index contributed by atoms with van der Waals surface area (Å²) in [5, 5.41) is 7.30. The van der Waals surface area contributed by atoms with Gasteiger partial charge in [0.1, 0.15) is 11.2 Å². The second kappa shape index (κ2) is 10.7. The molecule has 0 amide bonds. The standard InChI is InChI=1S/C47H33NO/c1-29(2)31-11-8-12-37(22-31)48(39-19-20-47-45(28-39)40-13-6-7-14-46(40)49-47)38-18-17-34-25-42-41-24-33-16-15-32(30-9-4-3-5-10-30)21-35(33)26-43(41)44(42)27-36(34)23-38/h3-29H,1-2H3. The minimum atomic E-state index is 0.428. The molecule has 0 aliphatic heterocycles. The Morgan fingerprint density at radius 1 is 0.408 bits per heavy atom. The molecule has 1 aromatic heterocycles. The molecule has 1 aliphatic carbocycles. The van der Waals surface area contributed by atoms with Crippen molar-refractivity contribution in [2.45, 2.75) is 19.8 Å². The maximum absolute atomic E-state index is 6.20. The topological polar surface area (TPSA) is 16.4 Å². The number of hydrogen-bond acceptors (Lipinski definition) is 2. The predicted octanol–water partition coefficient (Wildman–Crippen LogP) is 13.8. The lowest BCUT2D eigenvalue weighted by Crippen LogP contribution is -2.10. The number of benzene rings is 8. The molecule has 0 atom stereocenters. The maximum atomic E-state index is 6.20. The first kappa shape index (κ1) is 27.9. The van der Waals surface area contributed by atoms with E-state index < -0.39 is 0 Å². The minimum absolute atomic E-state index is 0.428. The Labute approximate surface area is 285 Å². The van der Waals surface area contributed by atoms with Gasteiger partial charge < -0.3 is 9.32 Å². The van der Waals surface area contributed by atoms with Crippen molar-refractivity contribution in [3.05, 3.63) is 163 Å². The minimum Gasteiger partial charge on any atom is -0.456 e. The third-order valence-corrected chi connectivity index (χ3v) is 10.3. The molecule has 8 aromatic carbocycles. The summed E-state index contributed by atoms with van der Waals surface area (Å²) in [4.78, 5) is 2.39. The smallest absolute Gasteiger partial charge is 0.135 e. The fraction of sp³-hybridized carbons (Fsp3) is 0.0638. The van der Waals surface area contributed by atoms with Crippen LogP contribution in [-0.4, -0.2) is 0 Å². The lowest BCUT2D eigenvalue weighted by Gasteiger charge is -2.28. The van der Waals surface area contributed by atoms with Crippen molar-refractivity contribution in [3.8, 4) is 33.4 Å². The van der Waals surface area contributed by atoms with Gasteiger partial charge in [-0.2, -0.15) is 0 Å². The van der Waals surface area contributed by atoms with Crippen LogP contribution in [0, 0.1) is 0 Å². The Morgan fingerprint density at radius 3 is 1.80 bits per heavy atom. The monoisotopic (exact) mass is 627 g/mol. The van der Waals surface area contributed by atoms with E-state index in [0.29, 0.717) is 5.92 Å². The Morgan fingerprint density at radius 2 is 1.02 bits per heavy atom. The summed E-state index contributed by atoms with van der Waals surface area (Å²) in [6.07, 6.45) is 0. The van der Waals surface area contributed by atoms with Gasteiger partial charge >= 0.3 is 0 Å². The molecule has 0 fully saturated rings. The molecule has 2 nitrogen and oxygen atoms in total. The van der Waals surface area contributed by atoms with Crippen LogP contribution in [0.15, 0.2) is 162 Å². The molecule has 0 radical (unpaired) electrons. The van der Waals surface area contributed by atoms with Crippen LogP contribution in [-0.2, 0) is 0 Å². The molecule has 0 N–H and O–H groups in total. The second-order valence-electron chi connectivity index (χ2n) is 13.6. The van der Waals surface area contributed by atoms with Crippen molar-refractivity contribution in [2.75, 3.05) is 4.90 Å². The molecule has 0 spiro atoms. The van der Waals surface area contributed by atoms with Crippen LogP contribution in [0.4, 0.5) is 17.1 Å². The molecular formula is C47H33NO. The molecule has 0 saturated heterocycles. The van der Waals surface area contributed by atoms with E-state index in [1.54, 1.807) is 0 Å². The molecule has 1 aliphatic rings. The summed E-state index contributed by atoms with van der Waals surface area (Å²) >= 11 is 0. The third kappa shape index (κ3) is 4.48. The van der Waals surface area contributed by atoms with Crippen LogP contribution in [0.5, 0.6) is 0 Å². The molecule has 9 aromatic rings. The van der Waals surface area contributed by atoms with Crippen molar-refractivity contribution >= 4 is 60.5 Å². The first-order valence-corrected chi connectivity index (χ1v) is 17.1. The lowest BCUT2D eigenvalue weighted by atomic mass is 9.77. The number of furan rings is 1. The number of nitrogens with zero attached hydrogens (tertiary/aromatic N) is 1. The van der Waals surface area contributed by atoms with Crippen LogP contribution in [0.2, 0.25) is 0 Å². The Kier molecular flexibility index (Phi) is 6.10. The molecule has 49 heavy (non-hydrogen) atoms. The van der Waals surface area contributed by atoms with E-state index in [9.17, 15) is 0 Å². The molecule has 0 saturated carbocycles. The first-order chi connectivity index (χ1) is 24.1. The van der Waals surface area contributed by atoms with Crippen LogP contribution < -0.4 is 4.90 Å². The Bertz CT molecular complexity index is 2750. The summed E-state index contributed by atoms with van der Waals surface area (Å²) in [6.45, 7) is 4.51. The van der Waals surface area contributed by atoms with E-state index >= 15 is 0 Å². The van der Waals surface area contributed by atoms with Gasteiger partial charge in [-0.15, -0.1) is 0 Å². The van der Waals surface area contributed by atoms with Gasteiger partial charge in [0.2, 0.25) is 0 Å². The fourth-order valence-corrected chi connectivity index (χ4v) is 7.68. The highest BCUT2D eigenvalue weighted by molar-refractivity contribution is 6.13. The van der Waals surface area contributed by atoms with Crippen LogP contribution in [0.1, 0.15) is 25.3 Å². The number of para-hydroxylation sites is 1. The molecule has 2 heteroatoms. The normalized spacial score (nSPS) is 12.1. The number of hydrogen-bond donors (Lipinski definition) is 0. The highest BCUT2D eigenvalue weighted by atomic mass is 16.3. The van der Waals surface area contributed by atoms with E-state index in [0.717, 1.165) is 39.0 Å². The number of rotatable bonds is 5. The molecule has 232 valence electrons. The summed E-state index contributed by atoms with van der Waals surface area (Å²) in [7, 11) is 0. The van der Waals surface area contributed by atoms with Gasteiger partial charge in [0.15, 0.2) is 0 Å². The highest BCUT2D eigenvalue weighted by Gasteiger charge is 2.24. The lowest BCUT2D eigenvalue weighted by molar-refractivity contribution is 0.669. The van der Waals surface area contributed by atoms with Crippen molar-refractivity contribution < 1.29 is 4.42 Å². The second-order valence-corrected chi connectivity index (χ2v) is 13.6. The van der Waals surface area contributed by atoms with Gasteiger partial charge in [0, 0.05) is 27.8 Å². The molecule has 0 unspecified atom stereocenters. The maximum Gasteiger partial charge on any atom is 0.135 e. The van der Waals surface area contributed by atoms with Crippen LogP contribution in [0.25, 0.3) is 76.9 Å². The van der Waals surface area contributed by atoms with Crippen molar-refractivity contribution in [1.29, 1.82) is 0 Å². The zero-order valence-corrected chi connectivity index (χ0v) is 27.4. The SMILES string of the molecule is CC(C)c1cccc(N(c2ccc3cc4c(cc3c2)-c2cc3cc(-c5ccccc5)ccc3cc2-4)c2ccc3oc4ccccc4c3c2)c1. The van der Waals surface area contributed by atoms with Crippen molar-refractivity contribution in [1.82, 2.24) is 0 Å². The van der Waals surface area contributed by atoms with Crippen molar-refractivity contribution in [2.24, 2.45) is 0 Å². The van der Waals surface area contributed by atoms with Gasteiger partial charge in [-0.25, -0.2) is 0 Å². The summed E-state index contributed by atoms with van der Waals surface area (Å²) < 4.78 is 6.20. The molecule has 10 rings (SSSR count). The zero-order chi connectivity index (χ0) is 32.6. The van der Waals surface area contributed by atoms with Gasteiger partial charge in [0.05, 0.1) is 0 Å². The summed E-state index contributed by atoms with van der Waals surface area (Å²) in [5.74, 6) is 0.428. The summed E-state index contributed by atoms with van der Waals surface area (Å²) in [5.41, 5.74) is 14.3. The largest absolute Gasteiger partial charge is 0.456 e. The van der Waals surface area contributed by atoms with E-state index in [-0.39, 0.29) is 0 Å². The fourth-order valence-electron chi connectivity index (χ4n) is 7.68. The van der Waals surface area contributed by atoms with Gasteiger partial charge in [0.25, 0.3) is 0 Å². The van der Waals surface area contributed by atoms with E-state index in [2.05, 4.69) is 164 Å². The van der Waals surface area contributed by atoms with Crippen LogP contribution >= 0.6 is 0 Å². The van der Waals surface area contributed by atoms with Gasteiger partial charge in [-0.1, -0.05) is 92.7 Å². The van der Waals surface area contributed by atoms with E-state index in [1.165, 1.54) is 60.5 Å². The predicted molar refractivity (Wildman–Crippen MR) is 207 cm³/mol. The third-order valence-electron chi connectivity index (χ3n) is 10.3. The Balaban J connectivity index is 1.10. The van der Waals surface area contributed by atoms with Gasteiger partial charge in [-0.05, 0) is 145 Å². The van der Waals surface area contributed by atoms with Crippen LogP contribution in [0.3, 0.4) is 0 Å². The molecule has 1 heterocycles. The average Bonchev–Trinajstić information content (AvgIpc) is 3.52. The van der Waals surface area contributed by atoms with Gasteiger partial charge in [-0.3, -0.25) is 0 Å². The number of fused-ring (bicyclic) bond motifs is 9. The highest BCUT2D eigenvalue weighted by Crippen LogP contribution is 2.51. The first-order valence-electron chi connectivity index (χ1n) is 17.1. The average molecular weight is 628 g/mol. The number of anilines is 3. The van der Waals surface area contributed by atoms with E-state index in [4.69, 9.17) is 4.42 Å². The van der Waals surface area contributed by atoms with E-state index in [1.807, 2.05) is 12.1 Å². The quantitative estimate of drug-likeness (QED) is 0.189. The molecule has 0 bridgehead atoms. The Hall–Kier alpha value is -6.12. The zero-order valence-electron chi connectivity index (χ0n) is 27.4.